The number of nitrogens with one attached hydrogen (secondary N) is 1. The highest BCUT2D eigenvalue weighted by atomic mass is 35.5. The van der Waals surface area contributed by atoms with Crippen LogP contribution in [0.25, 0.3) is 0 Å². The third kappa shape index (κ3) is 5.01. The smallest absolute Gasteiger partial charge is 0.322 e. The molecule has 0 bridgehead atoms. The molecule has 2 aromatic rings. The summed E-state index contributed by atoms with van der Waals surface area (Å²) in [5.41, 5.74) is 1.82. The van der Waals surface area contributed by atoms with Crippen molar-refractivity contribution in [3.05, 3.63) is 63.1 Å². The Hall–Kier alpha value is -1.17. The van der Waals surface area contributed by atoms with Gasteiger partial charge in [0.1, 0.15) is 0 Å². The standard InChI is InChI=1S/C19H20Cl3N3O.ClH/c1-24(16-8-14(21)7-15(22)9-16)19(26)25(2)18-11-23-10-17(18)12-3-5-13(20)6-4-12;/h3-9,17-18,23H,10-11H2,1-2H3;1H/t17-,18+;/m1./s1. The highest BCUT2D eigenvalue weighted by Crippen LogP contribution is 2.29. The molecule has 27 heavy (non-hydrogen) atoms. The second-order valence-electron chi connectivity index (χ2n) is 6.46. The molecule has 4 nitrogen and oxygen atoms in total. The molecular formula is C19H21Cl4N3O. The molecule has 0 spiro atoms. The molecule has 1 aliphatic heterocycles. The minimum absolute atomic E-state index is 0. The number of rotatable bonds is 3. The van der Waals surface area contributed by atoms with Gasteiger partial charge in [-0.25, -0.2) is 4.79 Å². The average Bonchev–Trinajstić information content (AvgIpc) is 3.09. The number of hydrogen-bond donors (Lipinski definition) is 1. The predicted molar refractivity (Wildman–Crippen MR) is 116 cm³/mol. The molecule has 0 aliphatic carbocycles. The van der Waals surface area contributed by atoms with Crippen molar-refractivity contribution < 1.29 is 4.79 Å². The fraction of sp³-hybridized carbons (Fsp3) is 0.316. The Morgan fingerprint density at radius 2 is 1.56 bits per heavy atom. The first-order valence-corrected chi connectivity index (χ1v) is 9.43. The molecule has 2 atom stereocenters. The molecule has 0 saturated carbocycles. The summed E-state index contributed by atoms with van der Waals surface area (Å²) in [6.07, 6.45) is 0. The predicted octanol–water partition coefficient (Wildman–Crippen LogP) is 5.31. The minimum Gasteiger partial charge on any atom is -0.322 e. The van der Waals surface area contributed by atoms with Crippen LogP contribution in [0.1, 0.15) is 11.5 Å². The number of carbonyl (C=O) groups excluding carboxylic acids is 1. The molecule has 2 aromatic carbocycles. The highest BCUT2D eigenvalue weighted by molar-refractivity contribution is 6.35. The summed E-state index contributed by atoms with van der Waals surface area (Å²) in [6, 6.07) is 12.8. The van der Waals surface area contributed by atoms with Crippen LogP contribution in [0.5, 0.6) is 0 Å². The maximum Gasteiger partial charge on any atom is 0.324 e. The molecule has 1 heterocycles. The van der Waals surface area contributed by atoms with E-state index in [0.717, 1.165) is 18.7 Å². The van der Waals surface area contributed by atoms with Gasteiger partial charge in [-0.3, -0.25) is 4.90 Å². The van der Waals surface area contributed by atoms with Crippen LogP contribution in [0, 0.1) is 0 Å². The van der Waals surface area contributed by atoms with Gasteiger partial charge in [0.05, 0.1) is 6.04 Å². The van der Waals surface area contributed by atoms with Gasteiger partial charge in [0.25, 0.3) is 0 Å². The van der Waals surface area contributed by atoms with Crippen LogP contribution >= 0.6 is 47.2 Å². The summed E-state index contributed by atoms with van der Waals surface area (Å²) >= 11 is 18.1. The van der Waals surface area contributed by atoms with E-state index in [2.05, 4.69) is 5.32 Å². The molecule has 1 fully saturated rings. The maximum atomic E-state index is 13.0. The summed E-state index contributed by atoms with van der Waals surface area (Å²) in [5, 5.41) is 5.08. The quantitative estimate of drug-likeness (QED) is 0.690. The molecular weight excluding hydrogens is 428 g/mol. The van der Waals surface area contributed by atoms with Gasteiger partial charge in [0, 0.05) is 53.9 Å². The van der Waals surface area contributed by atoms with E-state index in [1.807, 2.05) is 31.3 Å². The van der Waals surface area contributed by atoms with Crippen molar-refractivity contribution >= 4 is 58.9 Å². The van der Waals surface area contributed by atoms with Crippen molar-refractivity contribution in [2.24, 2.45) is 0 Å². The Bertz CT molecular complexity index is 780. The number of hydrogen-bond acceptors (Lipinski definition) is 2. The summed E-state index contributed by atoms with van der Waals surface area (Å²) in [4.78, 5) is 16.3. The monoisotopic (exact) mass is 447 g/mol. The van der Waals surface area contributed by atoms with Gasteiger partial charge in [0.15, 0.2) is 0 Å². The summed E-state index contributed by atoms with van der Waals surface area (Å²) in [7, 11) is 3.55. The molecule has 0 aromatic heterocycles. The summed E-state index contributed by atoms with van der Waals surface area (Å²) < 4.78 is 0. The van der Waals surface area contributed by atoms with Gasteiger partial charge in [-0.05, 0) is 35.9 Å². The maximum absolute atomic E-state index is 13.0. The molecule has 0 radical (unpaired) electrons. The summed E-state index contributed by atoms with van der Waals surface area (Å²) in [5.74, 6) is 0.206. The van der Waals surface area contributed by atoms with Crippen molar-refractivity contribution in [3.63, 3.8) is 0 Å². The summed E-state index contributed by atoms with van der Waals surface area (Å²) in [6.45, 7) is 1.55. The third-order valence-electron chi connectivity index (χ3n) is 4.80. The number of urea groups is 1. The second-order valence-corrected chi connectivity index (χ2v) is 7.77. The van der Waals surface area contributed by atoms with Crippen molar-refractivity contribution in [2.75, 3.05) is 32.1 Å². The lowest BCUT2D eigenvalue weighted by atomic mass is 9.93. The molecule has 1 saturated heterocycles. The first-order chi connectivity index (χ1) is 12.4. The molecule has 1 aliphatic rings. The van der Waals surface area contributed by atoms with Gasteiger partial charge < -0.3 is 10.2 Å². The zero-order chi connectivity index (χ0) is 18.8. The third-order valence-corrected chi connectivity index (χ3v) is 5.49. The average molecular weight is 449 g/mol. The van der Waals surface area contributed by atoms with Crippen molar-refractivity contribution in [1.29, 1.82) is 0 Å². The lowest BCUT2D eigenvalue weighted by molar-refractivity contribution is 0.197. The fourth-order valence-corrected chi connectivity index (χ4v) is 3.98. The molecule has 146 valence electrons. The van der Waals surface area contributed by atoms with Crippen LogP contribution in [0.2, 0.25) is 15.1 Å². The van der Waals surface area contributed by atoms with Crippen molar-refractivity contribution in [2.45, 2.75) is 12.0 Å². The van der Waals surface area contributed by atoms with E-state index in [4.69, 9.17) is 34.8 Å². The Balaban J connectivity index is 0.00000261. The van der Waals surface area contributed by atoms with Gasteiger partial charge in [-0.1, -0.05) is 46.9 Å². The second kappa shape index (κ2) is 9.35. The van der Waals surface area contributed by atoms with E-state index in [-0.39, 0.29) is 30.4 Å². The van der Waals surface area contributed by atoms with Crippen molar-refractivity contribution in [1.82, 2.24) is 10.2 Å². The molecule has 1 N–H and O–H groups in total. The number of halogens is 4. The molecule has 3 rings (SSSR count). The van der Waals surface area contributed by atoms with E-state index >= 15 is 0 Å². The Morgan fingerprint density at radius 3 is 2.15 bits per heavy atom. The number of benzene rings is 2. The highest BCUT2D eigenvalue weighted by Gasteiger charge is 2.35. The lowest BCUT2D eigenvalue weighted by Crippen LogP contribution is -2.47. The Kier molecular flexibility index (Phi) is 7.66. The minimum atomic E-state index is -0.115. The zero-order valence-corrected chi connectivity index (χ0v) is 18.0. The normalized spacial score (nSPS) is 18.7. The first-order valence-electron chi connectivity index (χ1n) is 8.29. The van der Waals surface area contributed by atoms with Crippen LogP contribution in [0.15, 0.2) is 42.5 Å². The van der Waals surface area contributed by atoms with Crippen molar-refractivity contribution in [3.8, 4) is 0 Å². The topological polar surface area (TPSA) is 35.6 Å². The Labute approximate surface area is 180 Å². The molecule has 8 heteroatoms. The van der Waals surface area contributed by atoms with Crippen LogP contribution in [0.4, 0.5) is 10.5 Å². The van der Waals surface area contributed by atoms with Gasteiger partial charge >= 0.3 is 6.03 Å². The van der Waals surface area contributed by atoms with Crippen LogP contribution in [-0.4, -0.2) is 44.2 Å². The SMILES string of the molecule is CN(C(=O)N(C)[C@H]1CNC[C@@H]1c1ccc(Cl)cc1)c1cc(Cl)cc(Cl)c1.Cl. The number of likely N-dealkylation sites (N-methyl/N-ethyl adjacent to an activating group) is 1. The van der Waals surface area contributed by atoms with E-state index in [0.29, 0.717) is 20.8 Å². The fourth-order valence-electron chi connectivity index (χ4n) is 3.34. The lowest BCUT2D eigenvalue weighted by Gasteiger charge is -2.32. The number of nitrogens with zero attached hydrogens (tertiary/aromatic N) is 2. The Morgan fingerprint density at radius 1 is 0.963 bits per heavy atom. The van der Waals surface area contributed by atoms with Gasteiger partial charge in [-0.2, -0.15) is 0 Å². The van der Waals surface area contributed by atoms with Gasteiger partial charge in [-0.15, -0.1) is 12.4 Å². The number of amides is 2. The molecule has 2 amide bonds. The molecule has 0 unspecified atom stereocenters. The number of anilines is 1. The van der Waals surface area contributed by atoms with E-state index in [9.17, 15) is 4.79 Å². The van der Waals surface area contributed by atoms with E-state index in [1.54, 1.807) is 35.0 Å². The van der Waals surface area contributed by atoms with Crippen LogP contribution < -0.4 is 10.2 Å². The van der Waals surface area contributed by atoms with E-state index in [1.165, 1.54) is 0 Å². The zero-order valence-electron chi connectivity index (χ0n) is 15.0. The largest absolute Gasteiger partial charge is 0.324 e. The van der Waals surface area contributed by atoms with Crippen LogP contribution in [0.3, 0.4) is 0 Å². The number of carbonyl (C=O) groups is 1. The van der Waals surface area contributed by atoms with Crippen LogP contribution in [-0.2, 0) is 0 Å². The van der Waals surface area contributed by atoms with Gasteiger partial charge in [0.2, 0.25) is 0 Å². The van der Waals surface area contributed by atoms with E-state index < -0.39 is 0 Å². The first kappa shape index (κ1) is 22.1.